The summed E-state index contributed by atoms with van der Waals surface area (Å²) in [5, 5.41) is 4.28. The van der Waals surface area contributed by atoms with Gasteiger partial charge in [-0.1, -0.05) is 6.07 Å². The summed E-state index contributed by atoms with van der Waals surface area (Å²) in [5.41, 5.74) is 4.77. The maximum atomic E-state index is 12.3. The van der Waals surface area contributed by atoms with Crippen molar-refractivity contribution in [2.75, 3.05) is 33.7 Å². The molecule has 1 aliphatic rings. The van der Waals surface area contributed by atoms with Gasteiger partial charge in [0.25, 0.3) is 0 Å². The van der Waals surface area contributed by atoms with Gasteiger partial charge in [0.2, 0.25) is 0 Å². The molecule has 1 saturated heterocycles. The van der Waals surface area contributed by atoms with Gasteiger partial charge >= 0.3 is 6.03 Å². The molecule has 0 bridgehead atoms. The van der Waals surface area contributed by atoms with Crippen molar-refractivity contribution in [3.8, 4) is 0 Å². The van der Waals surface area contributed by atoms with Crippen molar-refractivity contribution in [3.05, 3.63) is 35.0 Å². The Hall–Kier alpha value is -2.01. The molecule has 1 aromatic carbocycles. The van der Waals surface area contributed by atoms with Gasteiger partial charge in [0.05, 0.1) is 0 Å². The van der Waals surface area contributed by atoms with Crippen LogP contribution >= 0.6 is 0 Å². The number of urea groups is 1. The molecule has 1 atom stereocenters. The maximum absolute atomic E-state index is 12.3. The maximum Gasteiger partial charge on any atom is 0.317 e. The molecule has 0 radical (unpaired) electrons. The van der Waals surface area contributed by atoms with E-state index in [0.717, 1.165) is 30.7 Å². The van der Waals surface area contributed by atoms with Crippen LogP contribution in [0.1, 0.15) is 23.2 Å². The van der Waals surface area contributed by atoms with Crippen LogP contribution in [0.15, 0.2) is 18.2 Å². The first-order valence-electron chi connectivity index (χ1n) is 8.69. The van der Waals surface area contributed by atoms with Crippen LogP contribution in [-0.2, 0) is 6.54 Å². The zero-order valence-corrected chi connectivity index (χ0v) is 15.1. The minimum absolute atomic E-state index is 0.00613. The van der Waals surface area contributed by atoms with E-state index in [1.54, 1.807) is 0 Å². The van der Waals surface area contributed by atoms with Crippen LogP contribution in [0.2, 0.25) is 0 Å². The number of fused-ring (bicyclic) bond motifs is 1. The third-order valence-corrected chi connectivity index (χ3v) is 5.18. The van der Waals surface area contributed by atoms with Gasteiger partial charge in [-0.05, 0) is 63.0 Å². The van der Waals surface area contributed by atoms with Crippen LogP contribution in [0.25, 0.3) is 10.9 Å². The molecule has 1 aromatic heterocycles. The molecule has 24 heavy (non-hydrogen) atoms. The fourth-order valence-electron chi connectivity index (χ4n) is 3.58. The van der Waals surface area contributed by atoms with Crippen molar-refractivity contribution in [2.45, 2.75) is 26.8 Å². The molecule has 5 heteroatoms. The number of H-pyrrole nitrogens is 1. The second-order valence-electron chi connectivity index (χ2n) is 7.21. The second-order valence-corrected chi connectivity index (χ2v) is 7.21. The minimum Gasteiger partial charge on any atom is -0.358 e. The number of carbonyl (C=O) groups excluding carboxylic acids is 1. The van der Waals surface area contributed by atoms with Crippen molar-refractivity contribution in [2.24, 2.45) is 5.92 Å². The molecule has 2 heterocycles. The summed E-state index contributed by atoms with van der Waals surface area (Å²) in [6, 6.07) is 6.34. The van der Waals surface area contributed by atoms with Gasteiger partial charge in [-0.3, -0.25) is 0 Å². The van der Waals surface area contributed by atoms with Crippen LogP contribution in [0, 0.1) is 19.8 Å². The van der Waals surface area contributed by atoms with Crippen LogP contribution in [0.5, 0.6) is 0 Å². The SMILES string of the molecule is Cc1[nH]c2ccc(CNC(=O)N(C)C[C@@H]3CCN(C)C3)cc2c1C. The Kier molecular flexibility index (Phi) is 4.81. The molecule has 1 fully saturated rings. The van der Waals surface area contributed by atoms with Crippen molar-refractivity contribution in [3.63, 3.8) is 0 Å². The molecule has 2 N–H and O–H groups in total. The highest BCUT2D eigenvalue weighted by Gasteiger charge is 2.22. The first kappa shape index (κ1) is 16.8. The van der Waals surface area contributed by atoms with Crippen LogP contribution in [0.3, 0.4) is 0 Å². The number of likely N-dealkylation sites (tertiary alicyclic amines) is 1. The Balaban J connectivity index is 1.56. The summed E-state index contributed by atoms with van der Waals surface area (Å²) in [6.07, 6.45) is 1.18. The molecule has 1 aliphatic heterocycles. The molecular formula is C19H28N4O. The first-order valence-corrected chi connectivity index (χ1v) is 8.69. The Bertz CT molecular complexity index is 736. The largest absolute Gasteiger partial charge is 0.358 e. The number of rotatable bonds is 4. The molecule has 3 rings (SSSR count). The lowest BCUT2D eigenvalue weighted by atomic mass is 10.1. The number of aromatic nitrogens is 1. The van der Waals surface area contributed by atoms with E-state index in [1.807, 2.05) is 11.9 Å². The van der Waals surface area contributed by atoms with E-state index in [2.05, 4.69) is 54.3 Å². The average molecular weight is 328 g/mol. The predicted octanol–water partition coefficient (Wildman–Crippen LogP) is 2.88. The highest BCUT2D eigenvalue weighted by molar-refractivity contribution is 5.85. The van der Waals surface area contributed by atoms with Gasteiger partial charge in [0.1, 0.15) is 0 Å². The third kappa shape index (κ3) is 3.56. The van der Waals surface area contributed by atoms with E-state index in [-0.39, 0.29) is 6.03 Å². The van der Waals surface area contributed by atoms with Crippen LogP contribution < -0.4 is 5.32 Å². The summed E-state index contributed by atoms with van der Waals surface area (Å²) >= 11 is 0. The van der Waals surface area contributed by atoms with E-state index >= 15 is 0 Å². The second kappa shape index (κ2) is 6.85. The Morgan fingerprint density at radius 3 is 2.92 bits per heavy atom. The molecule has 0 saturated carbocycles. The lowest BCUT2D eigenvalue weighted by Gasteiger charge is -2.21. The topological polar surface area (TPSA) is 51.4 Å². The van der Waals surface area contributed by atoms with Crippen molar-refractivity contribution in [1.82, 2.24) is 20.1 Å². The molecule has 0 aliphatic carbocycles. The Morgan fingerprint density at radius 2 is 2.21 bits per heavy atom. The highest BCUT2D eigenvalue weighted by Crippen LogP contribution is 2.22. The number of nitrogens with zero attached hydrogens (tertiary/aromatic N) is 2. The Morgan fingerprint density at radius 1 is 1.42 bits per heavy atom. The minimum atomic E-state index is 0.00613. The number of nitrogens with one attached hydrogen (secondary N) is 2. The molecule has 2 amide bonds. The third-order valence-electron chi connectivity index (χ3n) is 5.18. The summed E-state index contributed by atoms with van der Waals surface area (Å²) in [5.74, 6) is 0.590. The number of aromatic amines is 1. The molecule has 130 valence electrons. The summed E-state index contributed by atoms with van der Waals surface area (Å²) < 4.78 is 0. The van der Waals surface area contributed by atoms with E-state index in [1.165, 1.54) is 23.1 Å². The average Bonchev–Trinajstić information content (AvgIpc) is 3.09. The Labute approximate surface area is 144 Å². The van der Waals surface area contributed by atoms with Gasteiger partial charge < -0.3 is 20.1 Å². The van der Waals surface area contributed by atoms with Crippen molar-refractivity contribution in [1.29, 1.82) is 0 Å². The molecule has 0 unspecified atom stereocenters. The number of benzene rings is 1. The molecule has 0 spiro atoms. The van der Waals surface area contributed by atoms with Crippen molar-refractivity contribution >= 4 is 16.9 Å². The van der Waals surface area contributed by atoms with Gasteiger partial charge in [-0.2, -0.15) is 0 Å². The van der Waals surface area contributed by atoms with Crippen LogP contribution in [-0.4, -0.2) is 54.5 Å². The quantitative estimate of drug-likeness (QED) is 0.907. The summed E-state index contributed by atoms with van der Waals surface area (Å²) in [6.45, 7) is 7.82. The standard InChI is InChI=1S/C19H28N4O/c1-13-14(2)21-18-6-5-15(9-17(13)18)10-20-19(24)23(4)12-16-7-8-22(3)11-16/h5-6,9,16,21H,7-8,10-12H2,1-4H3,(H,20,24)/t16-/m1/s1. The van der Waals surface area contributed by atoms with E-state index in [9.17, 15) is 4.79 Å². The number of amides is 2. The molecule has 5 nitrogen and oxygen atoms in total. The first-order chi connectivity index (χ1) is 11.4. The normalized spacial score (nSPS) is 18.2. The number of carbonyl (C=O) groups is 1. The number of hydrogen-bond donors (Lipinski definition) is 2. The zero-order valence-electron chi connectivity index (χ0n) is 15.1. The van der Waals surface area contributed by atoms with E-state index < -0.39 is 0 Å². The molecule has 2 aromatic rings. The number of aryl methyl sites for hydroxylation is 2. The smallest absolute Gasteiger partial charge is 0.317 e. The predicted molar refractivity (Wildman–Crippen MR) is 98.2 cm³/mol. The molecular weight excluding hydrogens is 300 g/mol. The van der Waals surface area contributed by atoms with E-state index in [4.69, 9.17) is 0 Å². The van der Waals surface area contributed by atoms with Gasteiger partial charge in [0, 0.05) is 43.3 Å². The lowest BCUT2D eigenvalue weighted by Crippen LogP contribution is -2.40. The number of hydrogen-bond acceptors (Lipinski definition) is 2. The fraction of sp³-hybridized carbons (Fsp3) is 0.526. The summed E-state index contributed by atoms with van der Waals surface area (Å²) in [4.78, 5) is 19.8. The zero-order chi connectivity index (χ0) is 17.3. The lowest BCUT2D eigenvalue weighted by molar-refractivity contribution is 0.200. The van der Waals surface area contributed by atoms with Gasteiger partial charge in [-0.15, -0.1) is 0 Å². The van der Waals surface area contributed by atoms with Gasteiger partial charge in [-0.25, -0.2) is 4.79 Å². The van der Waals surface area contributed by atoms with Gasteiger partial charge in [0.15, 0.2) is 0 Å². The van der Waals surface area contributed by atoms with E-state index in [0.29, 0.717) is 12.5 Å². The monoisotopic (exact) mass is 328 g/mol. The van der Waals surface area contributed by atoms with Crippen LogP contribution in [0.4, 0.5) is 4.79 Å². The fourth-order valence-corrected chi connectivity index (χ4v) is 3.58. The highest BCUT2D eigenvalue weighted by atomic mass is 16.2. The van der Waals surface area contributed by atoms with Crippen molar-refractivity contribution < 1.29 is 4.79 Å². The summed E-state index contributed by atoms with van der Waals surface area (Å²) in [7, 11) is 4.03.